The maximum atomic E-state index is 8.36. The molecule has 6 N–H and O–H groups in total. The van der Waals surface area contributed by atoms with Crippen molar-refractivity contribution < 1.29 is 1170 Å². The second-order valence-electron chi connectivity index (χ2n) is 0.632. The topological polar surface area (TPSA) is 224 Å². The molecule has 0 heterocycles. The van der Waals surface area contributed by atoms with Crippen LogP contribution in [-0.4, -0.2) is 74.3 Å². The summed E-state index contributed by atoms with van der Waals surface area (Å²) in [7, 11) is -1.50. The van der Waals surface area contributed by atoms with Crippen molar-refractivity contribution in [2.75, 3.05) is 0 Å². The van der Waals surface area contributed by atoms with Gasteiger partial charge in [0.15, 0.2) is 0 Å². The predicted octanol–water partition coefficient (Wildman–Crippen LogP) is -165. The van der Waals surface area contributed by atoms with Gasteiger partial charge in [-0.1, -0.05) is 0 Å². The van der Waals surface area contributed by atoms with Crippen LogP contribution in [0.2, 0.25) is 0 Å². The van der Waals surface area contributed by atoms with E-state index in [0.29, 0.717) is 0 Å². The molecule has 0 unspecified atom stereocenters. The van der Waals surface area contributed by atoms with Crippen molar-refractivity contribution in [3.63, 3.8) is 0 Å². The fourth-order valence-corrected chi connectivity index (χ4v) is 0. The van der Waals surface area contributed by atoms with Crippen LogP contribution in [0.15, 0.2) is 0 Å². The van der Waals surface area contributed by atoms with Crippen LogP contribution in [0.1, 0.15) is 78.5 Å². The molecule has 206 valence electrons. The molecule has 0 aromatic rings. The SMILES string of the molecule is O=BO.O=BO.O=BO.O=BO.O=BO.O=BO.[H-].[H-].[H-].[H-].[H-].[H-].[H-].[H-].[H-].[H-].[H-].[H-].[H-].[H-].[H-].[H-].[H-].[H-].[H-].[H-].[H-].[H-].[H-].[H-].[H-].[H-].[H-].[H-].[H-].[H-].[H-].[H-].[H-].[H-].[H-].[H-].[H-].[H-].[H-].[H-].[H-].[H-].[H-].[H-].[H-].[H-].[H-].[H-].[H-].[H-].[H-].[H-].[H-].[H-].[H-].[Li+].[Li+].[Li+].[Li+].[Li+].[Li+].[Li+].[Li+].[Li+].[Li+].[Li+].[Li+].[Li+].[Li+].[Li+].[Li+].[Li+].[Li+].[Li+].[Li+].[Li+].[Li+].[Li+].[Li+].[Li+].[Li+].[Li+].[Li+].[Li+].[Li+].[Li+].[Li+].[Li+].[Li+].[Li+].[Li+].[Li+].[Li+].[Li+].[Li+].[Li+].[Li+].[Li+].[Li+].[Li+].[Li+].[Li+].[Li+].[Li+].[Li+].[Li+].[Li+].[Li+].[Li+].[Li+]. The van der Waals surface area contributed by atoms with Gasteiger partial charge in [-0.3, -0.25) is 0 Å². The van der Waals surface area contributed by atoms with Crippen molar-refractivity contribution in [2.45, 2.75) is 0 Å². The molecular weight excluding hydrogens is 639 g/mol. The van der Waals surface area contributed by atoms with Crippen molar-refractivity contribution in [2.24, 2.45) is 0 Å². The van der Waals surface area contributed by atoms with Crippen LogP contribution >= 0.6 is 0 Å². The van der Waals surface area contributed by atoms with Gasteiger partial charge in [0.05, 0.1) is 0 Å². The summed E-state index contributed by atoms with van der Waals surface area (Å²) in [5.41, 5.74) is 0. The largest absolute Gasteiger partial charge is 1.00 e. The third-order valence-corrected chi connectivity index (χ3v) is 0. The Morgan fingerprint density at radius 3 is 0.110 bits per heavy atom. The normalized spacial score (nSPS) is 0.658. The average molecular weight is 700 g/mol. The van der Waals surface area contributed by atoms with Crippen LogP contribution in [-0.2, 0) is 28.2 Å². The van der Waals surface area contributed by atoms with Crippen LogP contribution in [0.3, 0.4) is 0 Å². The Hall–Kier alpha value is 30.8. The molecule has 0 aromatic heterocycles. The first-order valence-corrected chi connectivity index (χ1v) is 2.96. The molecule has 0 bridgehead atoms. The molecule has 0 amide bonds. The molecule has 0 rings (SSSR count). The zero-order valence-electron chi connectivity index (χ0n) is 119. The van der Waals surface area contributed by atoms with E-state index in [0.717, 1.165) is 0 Å². The Labute approximate surface area is 1190 Å². The van der Waals surface area contributed by atoms with Gasteiger partial charge in [-0.05, 0) is 0 Å². The summed E-state index contributed by atoms with van der Waals surface area (Å²) in [6.07, 6.45) is 0. The van der Waals surface area contributed by atoms with E-state index in [1.807, 2.05) is 0 Å². The molecule has 73 heteroatoms. The number of rotatable bonds is 0. The molecule has 0 saturated carbocycles. The minimum absolute atomic E-state index is 0. The summed E-state index contributed by atoms with van der Waals surface area (Å²) in [4.78, 5) is 0. The van der Waals surface area contributed by atoms with Gasteiger partial charge in [0, 0.05) is 0 Å². The molecule has 0 radical (unpaired) electrons. The first-order valence-electron chi connectivity index (χ1n) is 2.96. The fraction of sp³-hybridized carbons (Fsp3) is 0. The molecule has 0 fully saturated rings. The summed E-state index contributed by atoms with van der Waals surface area (Å²) >= 11 is 0. The van der Waals surface area contributed by atoms with Crippen LogP contribution in [0.5, 0.6) is 0 Å². The molecule has 0 aliphatic rings. The van der Waals surface area contributed by atoms with E-state index < -0.39 is 0 Å². The second kappa shape index (κ2) is 786. The molecule has 0 atom stereocenters. The van der Waals surface area contributed by atoms with Crippen LogP contribution in [0.25, 0.3) is 0 Å². The molecule has 0 spiro atoms. The van der Waals surface area contributed by atoms with E-state index in [4.69, 9.17) is 58.4 Å². The zero-order valence-corrected chi connectivity index (χ0v) is 63.6. The molecule has 73 heavy (non-hydrogen) atoms. The summed E-state index contributed by atoms with van der Waals surface area (Å²) in [5, 5.41) is 41.3. The van der Waals surface area contributed by atoms with Crippen LogP contribution in [0, 0.1) is 0 Å². The summed E-state index contributed by atoms with van der Waals surface area (Å²) < 4.78 is 50.2. The van der Waals surface area contributed by atoms with Gasteiger partial charge in [0.2, 0.25) is 0 Å². The quantitative estimate of drug-likeness (QED) is 0.130. The van der Waals surface area contributed by atoms with Crippen molar-refractivity contribution >= 4 is 44.1 Å². The van der Waals surface area contributed by atoms with Crippen molar-refractivity contribution in [1.82, 2.24) is 0 Å². The van der Waals surface area contributed by atoms with Crippen LogP contribution < -0.4 is 1040 Å². The molecular formula is H61B6Li55O12. The second-order valence-corrected chi connectivity index (χ2v) is 0.632. The molecule has 0 aliphatic carbocycles. The van der Waals surface area contributed by atoms with Gasteiger partial charge < -0.3 is 78.5 Å². The Balaban J connectivity index is -0.000000000101. The molecule has 12 nitrogen and oxygen atoms in total. The Bertz CT molecular complexity index is 293. The number of hydrogen-bond donors (Lipinski definition) is 6. The number of hydrogen-bond acceptors (Lipinski definition) is 6. The summed E-state index contributed by atoms with van der Waals surface area (Å²) in [5.74, 6) is 0. The van der Waals surface area contributed by atoms with E-state index in [2.05, 4.69) is 0 Å². The Morgan fingerprint density at radius 1 is 0.110 bits per heavy atom. The van der Waals surface area contributed by atoms with Crippen molar-refractivity contribution in [1.29, 1.82) is 0 Å². The third kappa shape index (κ3) is 1100. The first-order chi connectivity index (χ1) is 8.49. The third-order valence-electron chi connectivity index (χ3n) is 0. The van der Waals surface area contributed by atoms with E-state index in [-0.39, 0.29) is 1160 Å². The molecule has 0 aromatic carbocycles. The average Bonchev–Trinajstić information content (AvgIpc) is 2.23. The maximum Gasteiger partial charge on any atom is 1.00 e. The maximum absolute atomic E-state index is 8.36. The van der Waals surface area contributed by atoms with Gasteiger partial charge in [0.1, 0.15) is 0 Å². The zero-order chi connectivity index (χ0) is 16.2. The van der Waals surface area contributed by atoms with E-state index in [1.54, 1.807) is 0 Å². The minimum atomic E-state index is -0.250. The fourth-order valence-electron chi connectivity index (χ4n) is 0. The minimum Gasteiger partial charge on any atom is -1.00 e. The van der Waals surface area contributed by atoms with E-state index in [1.165, 1.54) is 0 Å². The van der Waals surface area contributed by atoms with Gasteiger partial charge >= 0.3 is 1140 Å². The monoisotopic (exact) mass is 705 g/mol. The van der Waals surface area contributed by atoms with Crippen molar-refractivity contribution in [3.8, 4) is 0 Å². The molecule has 0 saturated heterocycles. The summed E-state index contributed by atoms with van der Waals surface area (Å²) in [6.45, 7) is 0. The van der Waals surface area contributed by atoms with E-state index >= 15 is 0 Å². The Kier molecular flexibility index (Phi) is 6440. The van der Waals surface area contributed by atoms with E-state index in [9.17, 15) is 0 Å². The van der Waals surface area contributed by atoms with Crippen molar-refractivity contribution in [3.05, 3.63) is 0 Å². The van der Waals surface area contributed by atoms with Gasteiger partial charge in [-0.25, -0.2) is 0 Å². The van der Waals surface area contributed by atoms with Gasteiger partial charge in [-0.15, -0.1) is 0 Å². The smallest absolute Gasteiger partial charge is 1.00 e. The Morgan fingerprint density at radius 2 is 0.110 bits per heavy atom. The standard InChI is InChI=1S/6BHO2.55Li.55H/c6*2-1-3;;;;;;;;;;;;;;;;;;;;;;;;;;;;;;;;;;;;;;;;;;;;;;;;;;;;;;;;;;;;;;;;;;;;;;;;;;;;;;;;;;;;;;;;;;;;;;;;;;;;;;;;;;;;;;/h6*2H;;;;;;;;;;;;;;;;;;;;;;;;;;;;;;;;;;;;;;;;;;;;;;;;;;;;;;;;;;;;;;;;;;;;;;;;;;;;;;;;;;;;;;;;;;;;;;;;;;;;;;;;;;;;;;/q;;;;;;55*+1;55*-1. The van der Waals surface area contributed by atoms with Gasteiger partial charge in [-0.2, -0.15) is 0 Å². The van der Waals surface area contributed by atoms with Gasteiger partial charge in [0.25, 0.3) is 0 Å². The summed E-state index contributed by atoms with van der Waals surface area (Å²) in [6, 6.07) is 0. The first kappa shape index (κ1) is 598. The predicted molar refractivity (Wildman–Crippen MR) is 113 cm³/mol. The van der Waals surface area contributed by atoms with Crippen LogP contribution in [0.4, 0.5) is 0 Å². The molecule has 0 aliphatic heterocycles.